The maximum absolute atomic E-state index is 13.1. The van der Waals surface area contributed by atoms with Crippen LogP contribution in [-0.4, -0.2) is 14.3 Å². The van der Waals surface area contributed by atoms with Crippen LogP contribution in [0, 0.1) is 0 Å². The van der Waals surface area contributed by atoms with Crippen LogP contribution in [0.2, 0.25) is 0 Å². The molecule has 0 aromatic heterocycles. The number of benzene rings is 2. The summed E-state index contributed by atoms with van der Waals surface area (Å²) in [5, 5.41) is 0. The predicted octanol–water partition coefficient (Wildman–Crippen LogP) is 6.37. The molecular weight excluding hydrogens is 418 g/mol. The molecule has 0 aliphatic rings. The van der Waals surface area contributed by atoms with Gasteiger partial charge in [-0.15, -0.1) is 0 Å². The van der Waals surface area contributed by atoms with Crippen LogP contribution in [0.1, 0.15) is 112 Å². The second kappa shape index (κ2) is 10.7. The standard InChI is InChI=1S/C27H39NO3S/c1-17(2)22-13-24(19(5)6)26(25(14-22)20(7)8)16-32(30,31)28-27(29)15-21-11-9-10-12-23(21)18(3)4/h9-14,17-20H,15-16H2,1-8H3,(H,28,29). The minimum absolute atomic E-state index is 0.0495. The van der Waals surface area contributed by atoms with Crippen molar-refractivity contribution in [2.75, 3.05) is 0 Å². The molecule has 32 heavy (non-hydrogen) atoms. The molecule has 2 rings (SSSR count). The van der Waals surface area contributed by atoms with Crippen molar-refractivity contribution < 1.29 is 13.2 Å². The van der Waals surface area contributed by atoms with Crippen molar-refractivity contribution in [1.29, 1.82) is 0 Å². The van der Waals surface area contributed by atoms with Crippen LogP contribution >= 0.6 is 0 Å². The minimum Gasteiger partial charge on any atom is -0.274 e. The first kappa shape index (κ1) is 26.1. The maximum Gasteiger partial charge on any atom is 0.239 e. The molecule has 5 heteroatoms. The van der Waals surface area contributed by atoms with Crippen LogP contribution in [0.4, 0.5) is 0 Å². The van der Waals surface area contributed by atoms with E-state index in [0.717, 1.165) is 27.8 Å². The number of hydrogen-bond acceptors (Lipinski definition) is 3. The largest absolute Gasteiger partial charge is 0.274 e. The molecule has 0 atom stereocenters. The lowest BCUT2D eigenvalue weighted by molar-refractivity contribution is -0.118. The van der Waals surface area contributed by atoms with Gasteiger partial charge in [0.25, 0.3) is 0 Å². The summed E-state index contributed by atoms with van der Waals surface area (Å²) >= 11 is 0. The fourth-order valence-electron chi connectivity index (χ4n) is 4.14. The number of rotatable bonds is 9. The third kappa shape index (κ3) is 6.68. The average Bonchev–Trinajstić information content (AvgIpc) is 2.66. The van der Waals surface area contributed by atoms with E-state index in [4.69, 9.17) is 0 Å². The van der Waals surface area contributed by atoms with Gasteiger partial charge in [-0.1, -0.05) is 91.8 Å². The number of amides is 1. The van der Waals surface area contributed by atoms with Crippen LogP contribution in [-0.2, 0) is 27.0 Å². The lowest BCUT2D eigenvalue weighted by atomic mass is 9.85. The summed E-state index contributed by atoms with van der Waals surface area (Å²) in [7, 11) is -3.83. The molecule has 0 aliphatic carbocycles. The molecule has 0 bridgehead atoms. The predicted molar refractivity (Wildman–Crippen MR) is 134 cm³/mol. The van der Waals surface area contributed by atoms with E-state index in [1.807, 2.05) is 24.3 Å². The van der Waals surface area contributed by atoms with Gasteiger partial charge in [-0.2, -0.15) is 0 Å². The van der Waals surface area contributed by atoms with E-state index in [9.17, 15) is 13.2 Å². The average molecular weight is 458 g/mol. The van der Waals surface area contributed by atoms with Gasteiger partial charge in [0.05, 0.1) is 12.2 Å². The van der Waals surface area contributed by atoms with Crippen LogP contribution in [0.3, 0.4) is 0 Å². The van der Waals surface area contributed by atoms with Crippen LogP contribution in [0.25, 0.3) is 0 Å². The Balaban J connectivity index is 2.34. The third-order valence-electron chi connectivity index (χ3n) is 5.88. The van der Waals surface area contributed by atoms with Crippen molar-refractivity contribution in [1.82, 2.24) is 4.72 Å². The third-order valence-corrected chi connectivity index (χ3v) is 7.09. The monoisotopic (exact) mass is 457 g/mol. The summed E-state index contributed by atoms with van der Waals surface area (Å²) in [6.07, 6.45) is 0.0495. The molecule has 0 fully saturated rings. The van der Waals surface area contributed by atoms with Crippen LogP contribution < -0.4 is 4.72 Å². The Kier molecular flexibility index (Phi) is 8.69. The quantitative estimate of drug-likeness (QED) is 0.476. The highest BCUT2D eigenvalue weighted by Gasteiger charge is 2.24. The van der Waals surface area contributed by atoms with E-state index in [0.29, 0.717) is 5.92 Å². The molecule has 0 saturated carbocycles. The van der Waals surface area contributed by atoms with Crippen molar-refractivity contribution in [3.63, 3.8) is 0 Å². The molecule has 2 aromatic carbocycles. The number of carbonyl (C=O) groups is 1. The van der Waals surface area contributed by atoms with E-state index in [1.165, 1.54) is 5.56 Å². The number of hydrogen-bond donors (Lipinski definition) is 1. The van der Waals surface area contributed by atoms with Gasteiger partial charge in [-0.3, -0.25) is 9.52 Å². The molecule has 0 unspecified atom stereocenters. The Hall–Kier alpha value is -2.14. The highest BCUT2D eigenvalue weighted by atomic mass is 32.2. The fraction of sp³-hybridized carbons (Fsp3) is 0.519. The SMILES string of the molecule is CC(C)c1cc(C(C)C)c(CS(=O)(=O)NC(=O)Cc2ccccc2C(C)C)c(C(C)C)c1. The second-order valence-corrected chi connectivity index (χ2v) is 11.7. The summed E-state index contributed by atoms with van der Waals surface area (Å²) < 4.78 is 28.4. The normalized spacial score (nSPS) is 12.2. The van der Waals surface area contributed by atoms with Crippen LogP contribution in [0.15, 0.2) is 36.4 Å². The molecule has 0 radical (unpaired) electrons. The Morgan fingerprint density at radius 2 is 1.28 bits per heavy atom. The smallest absolute Gasteiger partial charge is 0.239 e. The lowest BCUT2D eigenvalue weighted by Gasteiger charge is -2.23. The summed E-state index contributed by atoms with van der Waals surface area (Å²) in [4.78, 5) is 12.7. The first-order valence-corrected chi connectivity index (χ1v) is 13.2. The first-order chi connectivity index (χ1) is 14.8. The fourth-order valence-corrected chi connectivity index (χ4v) is 5.34. The maximum atomic E-state index is 13.1. The van der Waals surface area contributed by atoms with Gasteiger partial charge in [-0.25, -0.2) is 8.42 Å². The van der Waals surface area contributed by atoms with Gasteiger partial charge >= 0.3 is 0 Å². The van der Waals surface area contributed by atoms with Crippen molar-refractivity contribution in [2.24, 2.45) is 0 Å². The molecule has 176 valence electrons. The lowest BCUT2D eigenvalue weighted by Crippen LogP contribution is -2.33. The van der Waals surface area contributed by atoms with Crippen molar-refractivity contribution in [3.8, 4) is 0 Å². The number of nitrogens with one attached hydrogen (secondary N) is 1. The van der Waals surface area contributed by atoms with E-state index < -0.39 is 15.9 Å². The van der Waals surface area contributed by atoms with E-state index in [-0.39, 0.29) is 29.9 Å². The summed E-state index contributed by atoms with van der Waals surface area (Å²) in [6, 6.07) is 12.0. The summed E-state index contributed by atoms with van der Waals surface area (Å²) in [5.74, 6) is 0.307. The van der Waals surface area contributed by atoms with Gasteiger partial charge in [0.2, 0.25) is 15.9 Å². The topological polar surface area (TPSA) is 63.2 Å². The van der Waals surface area contributed by atoms with Crippen molar-refractivity contribution >= 4 is 15.9 Å². The van der Waals surface area contributed by atoms with E-state index in [2.05, 4.69) is 72.2 Å². The zero-order valence-electron chi connectivity index (χ0n) is 20.8. The second-order valence-electron chi connectivity index (χ2n) is 9.96. The van der Waals surface area contributed by atoms with Crippen molar-refractivity contribution in [2.45, 2.75) is 91.2 Å². The highest BCUT2D eigenvalue weighted by Crippen LogP contribution is 2.33. The molecule has 0 spiro atoms. The Labute approximate surface area is 194 Å². The number of carbonyl (C=O) groups excluding carboxylic acids is 1. The van der Waals surface area contributed by atoms with Gasteiger partial charge in [0, 0.05) is 0 Å². The Morgan fingerprint density at radius 1 is 0.781 bits per heavy atom. The number of sulfonamides is 1. The van der Waals surface area contributed by atoms with E-state index in [1.54, 1.807) is 0 Å². The minimum atomic E-state index is -3.83. The molecule has 0 heterocycles. The Morgan fingerprint density at radius 3 is 1.75 bits per heavy atom. The van der Waals surface area contributed by atoms with Gasteiger partial charge in [-0.05, 0) is 57.1 Å². The molecule has 1 N–H and O–H groups in total. The molecule has 1 amide bonds. The van der Waals surface area contributed by atoms with Gasteiger partial charge < -0.3 is 0 Å². The van der Waals surface area contributed by atoms with Crippen LogP contribution in [0.5, 0.6) is 0 Å². The summed E-state index contributed by atoms with van der Waals surface area (Å²) in [6.45, 7) is 16.8. The molecule has 2 aromatic rings. The zero-order valence-corrected chi connectivity index (χ0v) is 21.6. The molecular formula is C27H39NO3S. The van der Waals surface area contributed by atoms with Crippen molar-refractivity contribution in [3.05, 3.63) is 69.8 Å². The molecule has 0 aliphatic heterocycles. The van der Waals surface area contributed by atoms with Gasteiger partial charge in [0.1, 0.15) is 0 Å². The first-order valence-electron chi connectivity index (χ1n) is 11.6. The summed E-state index contributed by atoms with van der Waals surface area (Å²) in [5.41, 5.74) is 6.05. The van der Waals surface area contributed by atoms with E-state index >= 15 is 0 Å². The molecule has 4 nitrogen and oxygen atoms in total. The Bertz CT molecular complexity index is 1020. The zero-order chi connectivity index (χ0) is 24.2. The van der Waals surface area contributed by atoms with Gasteiger partial charge in [0.15, 0.2) is 0 Å². The molecule has 0 saturated heterocycles. The highest BCUT2D eigenvalue weighted by molar-refractivity contribution is 7.89.